The van der Waals surface area contributed by atoms with Crippen LogP contribution in [0.4, 0.5) is 0 Å². The molecule has 2 N–H and O–H groups in total. The highest BCUT2D eigenvalue weighted by Gasteiger charge is 2.60. The zero-order valence-electron chi connectivity index (χ0n) is 14.4. The predicted molar refractivity (Wildman–Crippen MR) is 82.9 cm³/mol. The summed E-state index contributed by atoms with van der Waals surface area (Å²) in [5.74, 6) is 0.808. The summed E-state index contributed by atoms with van der Waals surface area (Å²) in [7, 11) is 0. The van der Waals surface area contributed by atoms with Gasteiger partial charge in [-0.25, -0.2) is 4.79 Å². The number of rotatable bonds is 4. The number of hydrogen-bond acceptors (Lipinski definition) is 4. The second-order valence-corrected chi connectivity index (χ2v) is 7.82. The maximum atomic E-state index is 12.2. The van der Waals surface area contributed by atoms with Crippen LogP contribution in [0.5, 0.6) is 0 Å². The minimum absolute atomic E-state index is 0.150. The molecule has 0 aromatic carbocycles. The largest absolute Gasteiger partial charge is 0.460 e. The lowest BCUT2D eigenvalue weighted by atomic mass is 9.42. The molecule has 0 aliphatic heterocycles. The fourth-order valence-electron chi connectivity index (χ4n) is 4.74. The predicted octanol–water partition coefficient (Wildman–Crippen LogP) is 1.73. The van der Waals surface area contributed by atoms with Crippen LogP contribution in [0.2, 0.25) is 0 Å². The second kappa shape index (κ2) is 5.84. The van der Waals surface area contributed by atoms with Gasteiger partial charge in [-0.1, -0.05) is 27.7 Å². The number of fused-ring (bicyclic) bond motifs is 2. The van der Waals surface area contributed by atoms with E-state index in [0.717, 1.165) is 0 Å². The van der Waals surface area contributed by atoms with Gasteiger partial charge in [0, 0.05) is 6.92 Å². The monoisotopic (exact) mass is 311 g/mol. The molecule has 0 radical (unpaired) electrons. The van der Waals surface area contributed by atoms with E-state index in [-0.39, 0.29) is 12.0 Å². The number of nitrogens with one attached hydrogen (secondary N) is 1. The fourth-order valence-corrected chi connectivity index (χ4v) is 4.74. The Kier molecular flexibility index (Phi) is 4.58. The number of aliphatic hydroxyl groups excluding tert-OH is 1. The van der Waals surface area contributed by atoms with E-state index in [1.165, 1.54) is 13.3 Å². The van der Waals surface area contributed by atoms with Crippen molar-refractivity contribution in [2.75, 3.05) is 0 Å². The molecule has 0 heterocycles. The molecule has 5 heteroatoms. The minimum Gasteiger partial charge on any atom is -0.460 e. The quantitative estimate of drug-likeness (QED) is 0.775. The van der Waals surface area contributed by atoms with Crippen LogP contribution in [0.15, 0.2) is 0 Å². The second-order valence-electron chi connectivity index (χ2n) is 7.82. The molecule has 5 nitrogen and oxygen atoms in total. The Balaban J connectivity index is 1.99. The lowest BCUT2D eigenvalue weighted by Crippen LogP contribution is -2.62. The van der Waals surface area contributed by atoms with Crippen molar-refractivity contribution in [1.29, 1.82) is 0 Å². The molecule has 6 atom stereocenters. The highest BCUT2D eigenvalue weighted by Crippen LogP contribution is 2.63. The summed E-state index contributed by atoms with van der Waals surface area (Å²) < 4.78 is 5.63. The molecular formula is C17H29NO4. The molecule has 1 amide bonds. The average molecular weight is 311 g/mol. The summed E-state index contributed by atoms with van der Waals surface area (Å²) in [6, 6.07) is -0.648. The first-order valence-corrected chi connectivity index (χ1v) is 8.23. The summed E-state index contributed by atoms with van der Waals surface area (Å²) in [4.78, 5) is 23.2. The molecule has 126 valence electrons. The van der Waals surface area contributed by atoms with Crippen LogP contribution in [0.25, 0.3) is 0 Å². The first kappa shape index (κ1) is 17.3. The molecule has 3 aliphatic carbocycles. The number of carbonyl (C=O) groups excluding carboxylic acids is 2. The maximum absolute atomic E-state index is 12.2. The van der Waals surface area contributed by atoms with Crippen LogP contribution in [-0.2, 0) is 14.3 Å². The SMILES string of the molecule is CC(=O)NC(C)C(O)C(=O)OC1C(C)C2CC(C1C)C2(C)C. The van der Waals surface area contributed by atoms with Gasteiger partial charge in [-0.05, 0) is 42.4 Å². The van der Waals surface area contributed by atoms with E-state index in [0.29, 0.717) is 29.1 Å². The third-order valence-corrected chi connectivity index (χ3v) is 6.12. The molecule has 0 saturated heterocycles. The number of carbonyl (C=O) groups is 2. The third-order valence-electron chi connectivity index (χ3n) is 6.12. The standard InChI is InChI=1S/C17H29NO4/c1-8-12-7-13(17(12,5)6)9(2)15(8)22-16(21)14(20)10(3)18-11(4)19/h8-10,12-15,20H,7H2,1-6H3,(H,18,19). The average Bonchev–Trinajstić information content (AvgIpc) is 2.39. The van der Waals surface area contributed by atoms with Crippen LogP contribution < -0.4 is 5.32 Å². The molecule has 22 heavy (non-hydrogen) atoms. The lowest BCUT2D eigenvalue weighted by molar-refractivity contribution is -0.214. The Morgan fingerprint density at radius 3 is 2.14 bits per heavy atom. The van der Waals surface area contributed by atoms with E-state index in [1.807, 2.05) is 0 Å². The zero-order chi connectivity index (χ0) is 16.8. The molecule has 6 unspecified atom stereocenters. The van der Waals surface area contributed by atoms with Crippen LogP contribution in [-0.4, -0.2) is 35.2 Å². The fraction of sp³-hybridized carbons (Fsp3) is 0.882. The van der Waals surface area contributed by atoms with E-state index in [2.05, 4.69) is 33.0 Å². The van der Waals surface area contributed by atoms with Gasteiger partial charge in [-0.15, -0.1) is 0 Å². The van der Waals surface area contributed by atoms with Crippen molar-refractivity contribution in [3.8, 4) is 0 Å². The number of hydrogen-bond donors (Lipinski definition) is 2. The number of aliphatic hydroxyl groups is 1. The van der Waals surface area contributed by atoms with Gasteiger partial charge in [-0.2, -0.15) is 0 Å². The summed E-state index contributed by atoms with van der Waals surface area (Å²) in [6.07, 6.45) is -0.271. The van der Waals surface area contributed by atoms with E-state index in [4.69, 9.17) is 4.74 Å². The van der Waals surface area contributed by atoms with Gasteiger partial charge in [0.2, 0.25) is 5.91 Å². The van der Waals surface area contributed by atoms with Gasteiger partial charge >= 0.3 is 5.97 Å². The highest BCUT2D eigenvalue weighted by molar-refractivity contribution is 5.78. The number of ether oxygens (including phenoxy) is 1. The van der Waals surface area contributed by atoms with Gasteiger partial charge < -0.3 is 15.2 Å². The van der Waals surface area contributed by atoms with Crippen LogP contribution >= 0.6 is 0 Å². The highest BCUT2D eigenvalue weighted by atomic mass is 16.6. The minimum atomic E-state index is -1.32. The summed E-state index contributed by atoms with van der Waals surface area (Å²) in [5, 5.41) is 12.6. The van der Waals surface area contributed by atoms with Crippen molar-refractivity contribution in [3.63, 3.8) is 0 Å². The van der Waals surface area contributed by atoms with Crippen molar-refractivity contribution in [2.24, 2.45) is 29.1 Å². The Labute approximate surface area is 132 Å². The molecule has 3 saturated carbocycles. The first-order valence-electron chi connectivity index (χ1n) is 8.23. The van der Waals surface area contributed by atoms with Crippen molar-refractivity contribution in [3.05, 3.63) is 0 Å². The van der Waals surface area contributed by atoms with Crippen LogP contribution in [0, 0.1) is 29.1 Å². The molecule has 3 aliphatic rings. The van der Waals surface area contributed by atoms with Gasteiger partial charge in [0.15, 0.2) is 6.10 Å². The summed E-state index contributed by atoms with van der Waals surface area (Å²) >= 11 is 0. The summed E-state index contributed by atoms with van der Waals surface area (Å²) in [6.45, 7) is 11.8. The Morgan fingerprint density at radius 1 is 1.23 bits per heavy atom. The van der Waals surface area contributed by atoms with Crippen molar-refractivity contribution < 1.29 is 19.4 Å². The van der Waals surface area contributed by atoms with Gasteiger partial charge in [0.05, 0.1) is 6.04 Å². The normalized spacial score (nSPS) is 38.4. The van der Waals surface area contributed by atoms with E-state index in [9.17, 15) is 14.7 Å². The Bertz CT molecular complexity index is 444. The Morgan fingerprint density at radius 2 is 1.73 bits per heavy atom. The smallest absolute Gasteiger partial charge is 0.337 e. The van der Waals surface area contributed by atoms with Crippen molar-refractivity contribution in [2.45, 2.75) is 66.2 Å². The topological polar surface area (TPSA) is 75.6 Å². The molecule has 3 fully saturated rings. The third kappa shape index (κ3) is 2.75. The maximum Gasteiger partial charge on any atom is 0.337 e. The number of esters is 1. The van der Waals surface area contributed by atoms with Gasteiger partial charge in [-0.3, -0.25) is 4.79 Å². The molecule has 0 spiro atoms. The van der Waals surface area contributed by atoms with Crippen LogP contribution in [0.3, 0.4) is 0 Å². The van der Waals surface area contributed by atoms with Gasteiger partial charge in [0.1, 0.15) is 6.10 Å². The van der Waals surface area contributed by atoms with E-state index >= 15 is 0 Å². The summed E-state index contributed by atoms with van der Waals surface area (Å²) in [5.41, 5.74) is 0.309. The lowest BCUT2D eigenvalue weighted by Gasteiger charge is -2.64. The van der Waals surface area contributed by atoms with E-state index in [1.54, 1.807) is 6.92 Å². The van der Waals surface area contributed by atoms with Crippen molar-refractivity contribution >= 4 is 11.9 Å². The zero-order valence-corrected chi connectivity index (χ0v) is 14.4. The molecule has 2 bridgehead atoms. The molecule has 3 rings (SSSR count). The van der Waals surface area contributed by atoms with Gasteiger partial charge in [0.25, 0.3) is 0 Å². The molecular weight excluding hydrogens is 282 g/mol. The molecule has 0 aromatic rings. The first-order chi connectivity index (χ1) is 10.1. The van der Waals surface area contributed by atoms with Crippen LogP contribution in [0.1, 0.15) is 48.0 Å². The molecule has 0 aromatic heterocycles. The van der Waals surface area contributed by atoms with Crippen molar-refractivity contribution in [1.82, 2.24) is 5.32 Å². The van der Waals surface area contributed by atoms with E-state index < -0.39 is 18.1 Å². The number of amides is 1. The Hall–Kier alpha value is -1.10.